The summed E-state index contributed by atoms with van der Waals surface area (Å²) < 4.78 is 10.7. The highest BCUT2D eigenvalue weighted by Gasteiger charge is 2.39. The standard InChI is InChI=1S/C16H34N2O2/c1-7-16(5)13-17-14(15(2,3)4)12-18(16)8-9-20-11-10-19-6/h14,17H,7-13H2,1-6H3. The second-order valence-electron chi connectivity index (χ2n) is 7.20. The molecule has 1 aliphatic rings. The number of ether oxygens (including phenoxy) is 2. The molecule has 1 N–H and O–H groups in total. The minimum absolute atomic E-state index is 0.242. The van der Waals surface area contributed by atoms with Crippen LogP contribution in [-0.2, 0) is 9.47 Å². The predicted octanol–water partition coefficient (Wildman–Crippen LogP) is 2.14. The lowest BCUT2D eigenvalue weighted by molar-refractivity contribution is -0.00762. The Morgan fingerprint density at radius 3 is 2.50 bits per heavy atom. The lowest BCUT2D eigenvalue weighted by Crippen LogP contribution is -2.66. The molecule has 0 radical (unpaired) electrons. The molecular weight excluding hydrogens is 252 g/mol. The Hall–Kier alpha value is -0.160. The molecule has 0 saturated carbocycles. The molecule has 1 fully saturated rings. The summed E-state index contributed by atoms with van der Waals surface area (Å²) in [6.07, 6.45) is 1.16. The molecule has 2 atom stereocenters. The van der Waals surface area contributed by atoms with Crippen LogP contribution in [0.2, 0.25) is 0 Å². The molecule has 0 bridgehead atoms. The summed E-state index contributed by atoms with van der Waals surface area (Å²) in [7, 11) is 1.71. The maximum absolute atomic E-state index is 5.65. The van der Waals surface area contributed by atoms with Gasteiger partial charge in [-0.2, -0.15) is 0 Å². The van der Waals surface area contributed by atoms with Crippen molar-refractivity contribution in [1.82, 2.24) is 10.2 Å². The maximum Gasteiger partial charge on any atom is 0.0700 e. The fourth-order valence-electron chi connectivity index (χ4n) is 2.67. The molecule has 4 heteroatoms. The fourth-order valence-corrected chi connectivity index (χ4v) is 2.67. The van der Waals surface area contributed by atoms with Gasteiger partial charge in [-0.3, -0.25) is 4.90 Å². The first-order valence-corrected chi connectivity index (χ1v) is 7.88. The SMILES string of the molecule is CCC1(C)CNC(C(C)(C)C)CN1CCOCCOC. The molecule has 1 rings (SSSR count). The van der Waals surface area contributed by atoms with Crippen molar-refractivity contribution in [3.8, 4) is 0 Å². The van der Waals surface area contributed by atoms with Crippen molar-refractivity contribution in [1.29, 1.82) is 0 Å². The molecule has 1 heterocycles. The Balaban J connectivity index is 2.52. The van der Waals surface area contributed by atoms with Crippen LogP contribution in [0.5, 0.6) is 0 Å². The van der Waals surface area contributed by atoms with Crippen LogP contribution in [0, 0.1) is 5.41 Å². The normalized spacial score (nSPS) is 28.8. The van der Waals surface area contributed by atoms with Crippen LogP contribution in [0.3, 0.4) is 0 Å². The van der Waals surface area contributed by atoms with Gasteiger partial charge in [0, 0.05) is 38.3 Å². The monoisotopic (exact) mass is 286 g/mol. The number of rotatable bonds is 7. The van der Waals surface area contributed by atoms with Crippen LogP contribution in [0.15, 0.2) is 0 Å². The Morgan fingerprint density at radius 2 is 1.95 bits per heavy atom. The molecule has 0 aromatic carbocycles. The largest absolute Gasteiger partial charge is 0.382 e. The summed E-state index contributed by atoms with van der Waals surface area (Å²) in [5, 5.41) is 3.74. The molecule has 20 heavy (non-hydrogen) atoms. The zero-order valence-electron chi connectivity index (χ0n) is 14.3. The molecule has 4 nitrogen and oxygen atoms in total. The van der Waals surface area contributed by atoms with Crippen molar-refractivity contribution in [3.05, 3.63) is 0 Å². The Labute approximate surface area is 125 Å². The van der Waals surface area contributed by atoms with Gasteiger partial charge in [0.15, 0.2) is 0 Å². The van der Waals surface area contributed by atoms with Gasteiger partial charge >= 0.3 is 0 Å². The topological polar surface area (TPSA) is 33.7 Å². The fraction of sp³-hybridized carbons (Fsp3) is 1.00. The summed E-state index contributed by atoms with van der Waals surface area (Å²) in [5.74, 6) is 0. The zero-order chi connectivity index (χ0) is 15.2. The zero-order valence-corrected chi connectivity index (χ0v) is 14.3. The summed E-state index contributed by atoms with van der Waals surface area (Å²) in [4.78, 5) is 2.60. The smallest absolute Gasteiger partial charge is 0.0700 e. The van der Waals surface area contributed by atoms with Gasteiger partial charge in [-0.15, -0.1) is 0 Å². The summed E-state index contributed by atoms with van der Waals surface area (Å²) >= 11 is 0. The van der Waals surface area contributed by atoms with Crippen molar-refractivity contribution in [3.63, 3.8) is 0 Å². The van der Waals surface area contributed by atoms with E-state index in [9.17, 15) is 0 Å². The second kappa shape index (κ2) is 7.74. The van der Waals surface area contributed by atoms with Gasteiger partial charge in [-0.1, -0.05) is 27.7 Å². The average Bonchev–Trinajstić information content (AvgIpc) is 2.39. The predicted molar refractivity (Wildman–Crippen MR) is 84.2 cm³/mol. The molecular formula is C16H34N2O2. The van der Waals surface area contributed by atoms with Crippen LogP contribution < -0.4 is 5.32 Å². The van der Waals surface area contributed by atoms with Gasteiger partial charge in [0.05, 0.1) is 19.8 Å². The highest BCUT2D eigenvalue weighted by atomic mass is 16.5. The van der Waals surface area contributed by atoms with Gasteiger partial charge in [0.1, 0.15) is 0 Å². The van der Waals surface area contributed by atoms with E-state index in [1.165, 1.54) is 0 Å². The second-order valence-corrected chi connectivity index (χ2v) is 7.20. The lowest BCUT2D eigenvalue weighted by atomic mass is 9.81. The molecule has 0 spiro atoms. The van der Waals surface area contributed by atoms with Crippen LogP contribution in [-0.4, -0.2) is 63.0 Å². The Morgan fingerprint density at radius 1 is 1.25 bits per heavy atom. The first kappa shape index (κ1) is 17.9. The summed E-state index contributed by atoms with van der Waals surface area (Å²) in [6.45, 7) is 16.9. The molecule has 0 amide bonds. The lowest BCUT2D eigenvalue weighted by Gasteiger charge is -2.51. The molecule has 0 aromatic rings. The van der Waals surface area contributed by atoms with E-state index >= 15 is 0 Å². The molecule has 0 aliphatic carbocycles. The number of nitrogens with zero attached hydrogens (tertiary/aromatic N) is 1. The van der Waals surface area contributed by atoms with Crippen molar-refractivity contribution in [2.75, 3.05) is 46.6 Å². The highest BCUT2D eigenvalue weighted by molar-refractivity contribution is 4.98. The third kappa shape index (κ3) is 4.99. The highest BCUT2D eigenvalue weighted by Crippen LogP contribution is 2.29. The summed E-state index contributed by atoms with van der Waals surface area (Å²) in [6, 6.07) is 0.543. The average molecular weight is 286 g/mol. The minimum atomic E-state index is 0.242. The van der Waals surface area contributed by atoms with Crippen LogP contribution in [0.4, 0.5) is 0 Å². The number of hydrogen-bond acceptors (Lipinski definition) is 4. The van der Waals surface area contributed by atoms with E-state index < -0.39 is 0 Å². The first-order chi connectivity index (χ1) is 9.33. The van der Waals surface area contributed by atoms with Crippen LogP contribution in [0.1, 0.15) is 41.0 Å². The number of hydrogen-bond donors (Lipinski definition) is 1. The molecule has 120 valence electrons. The Bertz CT molecular complexity index is 278. The van der Waals surface area contributed by atoms with Crippen molar-refractivity contribution < 1.29 is 9.47 Å². The molecule has 1 aliphatic heterocycles. The van der Waals surface area contributed by atoms with Gasteiger partial charge in [0.2, 0.25) is 0 Å². The molecule has 1 saturated heterocycles. The van der Waals surface area contributed by atoms with Crippen molar-refractivity contribution in [2.45, 2.75) is 52.6 Å². The van der Waals surface area contributed by atoms with E-state index in [0.29, 0.717) is 24.7 Å². The third-order valence-electron chi connectivity index (χ3n) is 4.64. The van der Waals surface area contributed by atoms with Gasteiger partial charge in [-0.25, -0.2) is 0 Å². The van der Waals surface area contributed by atoms with E-state index in [4.69, 9.17) is 9.47 Å². The molecule has 2 unspecified atom stereocenters. The number of nitrogens with one attached hydrogen (secondary N) is 1. The quantitative estimate of drug-likeness (QED) is 0.727. The Kier molecular flexibility index (Phi) is 6.92. The maximum atomic E-state index is 5.65. The van der Waals surface area contributed by atoms with Crippen LogP contribution in [0.25, 0.3) is 0 Å². The third-order valence-corrected chi connectivity index (χ3v) is 4.64. The van der Waals surface area contributed by atoms with E-state index in [-0.39, 0.29) is 5.54 Å². The van der Waals surface area contributed by atoms with Gasteiger partial charge < -0.3 is 14.8 Å². The van der Waals surface area contributed by atoms with Gasteiger partial charge in [-0.05, 0) is 18.8 Å². The number of methoxy groups -OCH3 is 1. The van der Waals surface area contributed by atoms with E-state index in [1.54, 1.807) is 7.11 Å². The number of piperazine rings is 1. The van der Waals surface area contributed by atoms with E-state index in [2.05, 4.69) is 44.8 Å². The van der Waals surface area contributed by atoms with Crippen molar-refractivity contribution >= 4 is 0 Å². The van der Waals surface area contributed by atoms with Crippen molar-refractivity contribution in [2.24, 2.45) is 5.41 Å². The van der Waals surface area contributed by atoms with E-state index in [0.717, 1.165) is 32.7 Å². The van der Waals surface area contributed by atoms with Crippen LogP contribution >= 0.6 is 0 Å². The first-order valence-electron chi connectivity index (χ1n) is 7.88. The minimum Gasteiger partial charge on any atom is -0.382 e. The molecule has 0 aromatic heterocycles. The van der Waals surface area contributed by atoms with E-state index in [1.807, 2.05) is 0 Å². The van der Waals surface area contributed by atoms with Gasteiger partial charge in [0.25, 0.3) is 0 Å². The summed E-state index contributed by atoms with van der Waals surface area (Å²) in [5.41, 5.74) is 0.538.